The largest absolute Gasteiger partial charge is 0.495 e. The van der Waals surface area contributed by atoms with E-state index in [1.165, 1.54) is 5.56 Å². The van der Waals surface area contributed by atoms with E-state index in [1.807, 2.05) is 36.4 Å². The lowest BCUT2D eigenvalue weighted by Gasteiger charge is -2.16. The summed E-state index contributed by atoms with van der Waals surface area (Å²) in [6.45, 7) is 0. The van der Waals surface area contributed by atoms with Crippen LogP contribution < -0.4 is 4.74 Å². The molecule has 2 aromatic rings. The molecule has 0 heterocycles. The molecule has 0 fully saturated rings. The molecule has 0 aliphatic carbocycles. The summed E-state index contributed by atoms with van der Waals surface area (Å²) in [6.07, 6.45) is 0.820. The molecule has 20 heavy (non-hydrogen) atoms. The van der Waals surface area contributed by atoms with Gasteiger partial charge in [-0.2, -0.15) is 0 Å². The van der Waals surface area contributed by atoms with Crippen LogP contribution in [0.15, 0.2) is 40.9 Å². The predicted octanol–water partition coefficient (Wildman–Crippen LogP) is 6.44. The van der Waals surface area contributed by atoms with Crippen LogP contribution in [0.5, 0.6) is 5.75 Å². The van der Waals surface area contributed by atoms with Crippen LogP contribution in [0, 0.1) is 0 Å². The summed E-state index contributed by atoms with van der Waals surface area (Å²) < 4.78 is 6.30. The lowest BCUT2D eigenvalue weighted by atomic mass is 10.0. The number of methoxy groups -OCH3 is 1. The summed E-state index contributed by atoms with van der Waals surface area (Å²) in [5.74, 6) is 0.797. The SMILES string of the molecule is COc1c(Br)cc(Cl)cc1C(Br)Cc1ccc(Cl)cc1. The molecule has 106 valence electrons. The molecule has 1 atom stereocenters. The van der Waals surface area contributed by atoms with Crippen molar-refractivity contribution in [3.05, 3.63) is 62.0 Å². The molecule has 0 aromatic heterocycles. The average Bonchev–Trinajstić information content (AvgIpc) is 2.40. The Labute approximate surface area is 145 Å². The zero-order valence-electron chi connectivity index (χ0n) is 10.7. The molecule has 1 unspecified atom stereocenters. The lowest BCUT2D eigenvalue weighted by molar-refractivity contribution is 0.407. The molecular formula is C15H12Br2Cl2O. The Morgan fingerprint density at radius 2 is 1.75 bits per heavy atom. The fourth-order valence-corrected chi connectivity index (χ4v) is 3.80. The molecule has 0 bridgehead atoms. The highest BCUT2D eigenvalue weighted by atomic mass is 79.9. The van der Waals surface area contributed by atoms with Gasteiger partial charge in [-0.15, -0.1) is 0 Å². The zero-order valence-corrected chi connectivity index (χ0v) is 15.4. The van der Waals surface area contributed by atoms with Crippen molar-refractivity contribution in [2.45, 2.75) is 11.2 Å². The Hall–Kier alpha value is -0.220. The highest BCUT2D eigenvalue weighted by molar-refractivity contribution is 9.10. The summed E-state index contributed by atoms with van der Waals surface area (Å²) in [4.78, 5) is 0.105. The Morgan fingerprint density at radius 1 is 1.10 bits per heavy atom. The number of halogens is 4. The topological polar surface area (TPSA) is 9.23 Å². The molecule has 5 heteroatoms. The first-order valence-electron chi connectivity index (χ1n) is 5.92. The third kappa shape index (κ3) is 3.91. The van der Waals surface area contributed by atoms with Gasteiger partial charge < -0.3 is 4.74 Å². The molecule has 0 N–H and O–H groups in total. The van der Waals surface area contributed by atoms with Crippen molar-refractivity contribution in [2.24, 2.45) is 0 Å². The van der Waals surface area contributed by atoms with Crippen molar-refractivity contribution in [1.29, 1.82) is 0 Å². The summed E-state index contributed by atoms with van der Waals surface area (Å²) in [6, 6.07) is 11.6. The van der Waals surface area contributed by atoms with Crippen LogP contribution in [0.2, 0.25) is 10.0 Å². The number of alkyl halides is 1. The van der Waals surface area contributed by atoms with E-state index in [0.717, 1.165) is 27.2 Å². The molecule has 0 saturated heterocycles. The zero-order chi connectivity index (χ0) is 14.7. The molecule has 0 amide bonds. The van der Waals surface area contributed by atoms with Crippen LogP contribution in [0.1, 0.15) is 16.0 Å². The van der Waals surface area contributed by atoms with E-state index in [2.05, 4.69) is 31.9 Å². The highest BCUT2D eigenvalue weighted by Crippen LogP contribution is 2.40. The van der Waals surface area contributed by atoms with Crippen LogP contribution in [-0.2, 0) is 6.42 Å². The monoisotopic (exact) mass is 436 g/mol. The summed E-state index contributed by atoms with van der Waals surface area (Å²) in [7, 11) is 1.65. The number of hydrogen-bond acceptors (Lipinski definition) is 1. The summed E-state index contributed by atoms with van der Waals surface area (Å²) in [5.41, 5.74) is 2.20. The van der Waals surface area contributed by atoms with E-state index < -0.39 is 0 Å². The minimum atomic E-state index is 0.105. The first kappa shape index (κ1) is 16.2. The maximum absolute atomic E-state index is 6.12. The van der Waals surface area contributed by atoms with Gasteiger partial charge in [0, 0.05) is 20.4 Å². The molecule has 0 aliphatic rings. The summed E-state index contributed by atoms with van der Waals surface area (Å²) in [5, 5.41) is 1.41. The average molecular weight is 439 g/mol. The second-order valence-corrected chi connectivity index (χ2v) is 7.14. The van der Waals surface area contributed by atoms with E-state index in [4.69, 9.17) is 27.9 Å². The van der Waals surface area contributed by atoms with Crippen molar-refractivity contribution in [3.8, 4) is 5.75 Å². The minimum Gasteiger partial charge on any atom is -0.495 e. The summed E-state index contributed by atoms with van der Waals surface area (Å²) >= 11 is 19.2. The predicted molar refractivity (Wildman–Crippen MR) is 92.5 cm³/mol. The van der Waals surface area contributed by atoms with Crippen LogP contribution in [-0.4, -0.2) is 7.11 Å². The number of ether oxygens (including phenoxy) is 1. The first-order valence-corrected chi connectivity index (χ1v) is 8.39. The van der Waals surface area contributed by atoms with Crippen molar-refractivity contribution in [3.63, 3.8) is 0 Å². The first-order chi connectivity index (χ1) is 9.51. The Morgan fingerprint density at radius 3 is 2.35 bits per heavy atom. The maximum Gasteiger partial charge on any atom is 0.137 e. The van der Waals surface area contributed by atoms with Gasteiger partial charge in [0.05, 0.1) is 11.6 Å². The minimum absolute atomic E-state index is 0.105. The third-order valence-electron chi connectivity index (χ3n) is 2.91. The molecule has 0 radical (unpaired) electrons. The number of hydrogen-bond donors (Lipinski definition) is 0. The normalized spacial score (nSPS) is 12.2. The van der Waals surface area contributed by atoms with Gasteiger partial charge in [0.1, 0.15) is 5.75 Å². The molecule has 2 rings (SSSR count). The van der Waals surface area contributed by atoms with E-state index in [0.29, 0.717) is 5.02 Å². The molecule has 0 aliphatic heterocycles. The van der Waals surface area contributed by atoms with Gasteiger partial charge >= 0.3 is 0 Å². The molecular weight excluding hydrogens is 427 g/mol. The number of rotatable bonds is 4. The van der Waals surface area contributed by atoms with Crippen LogP contribution in [0.3, 0.4) is 0 Å². The van der Waals surface area contributed by atoms with Gasteiger partial charge in [-0.3, -0.25) is 0 Å². The quantitative estimate of drug-likeness (QED) is 0.499. The van der Waals surface area contributed by atoms with Crippen molar-refractivity contribution < 1.29 is 4.74 Å². The Balaban J connectivity index is 2.28. The molecule has 1 nitrogen and oxygen atoms in total. The van der Waals surface area contributed by atoms with Crippen molar-refractivity contribution in [2.75, 3.05) is 7.11 Å². The van der Waals surface area contributed by atoms with Gasteiger partial charge in [-0.05, 0) is 52.2 Å². The van der Waals surface area contributed by atoms with Gasteiger partial charge in [-0.1, -0.05) is 51.3 Å². The van der Waals surface area contributed by atoms with Crippen LogP contribution >= 0.6 is 55.1 Å². The van der Waals surface area contributed by atoms with E-state index in [9.17, 15) is 0 Å². The second-order valence-electron chi connectivity index (χ2n) is 4.31. The molecule has 2 aromatic carbocycles. The fourth-order valence-electron chi connectivity index (χ4n) is 1.97. The molecule has 0 saturated carbocycles. The van der Waals surface area contributed by atoms with Crippen molar-refractivity contribution >= 4 is 55.1 Å². The molecule has 0 spiro atoms. The fraction of sp³-hybridized carbons (Fsp3) is 0.200. The van der Waals surface area contributed by atoms with Gasteiger partial charge in [-0.25, -0.2) is 0 Å². The third-order valence-corrected chi connectivity index (χ3v) is 4.78. The second kappa shape index (κ2) is 7.17. The van der Waals surface area contributed by atoms with E-state index in [1.54, 1.807) is 7.11 Å². The van der Waals surface area contributed by atoms with Gasteiger partial charge in [0.15, 0.2) is 0 Å². The smallest absolute Gasteiger partial charge is 0.137 e. The van der Waals surface area contributed by atoms with E-state index >= 15 is 0 Å². The Kier molecular flexibility index (Phi) is 5.79. The maximum atomic E-state index is 6.12. The van der Waals surface area contributed by atoms with Gasteiger partial charge in [0.2, 0.25) is 0 Å². The number of benzene rings is 2. The highest BCUT2D eigenvalue weighted by Gasteiger charge is 2.17. The van der Waals surface area contributed by atoms with Crippen LogP contribution in [0.4, 0.5) is 0 Å². The van der Waals surface area contributed by atoms with Gasteiger partial charge in [0.25, 0.3) is 0 Å². The Bertz CT molecular complexity index is 600. The van der Waals surface area contributed by atoms with E-state index in [-0.39, 0.29) is 4.83 Å². The lowest BCUT2D eigenvalue weighted by Crippen LogP contribution is -2.00. The van der Waals surface area contributed by atoms with Crippen LogP contribution in [0.25, 0.3) is 0 Å². The standard InChI is InChI=1S/C15H12Br2Cl2O/c1-20-15-12(7-11(19)8-14(15)17)13(16)6-9-2-4-10(18)5-3-9/h2-5,7-8,13H,6H2,1H3. The van der Waals surface area contributed by atoms with Crippen molar-refractivity contribution in [1.82, 2.24) is 0 Å².